The van der Waals surface area contributed by atoms with Gasteiger partial charge in [-0.2, -0.15) is 0 Å². The third-order valence-corrected chi connectivity index (χ3v) is 3.27. The van der Waals surface area contributed by atoms with Gasteiger partial charge in [-0.15, -0.1) is 0 Å². The molecule has 1 aromatic rings. The Morgan fingerprint density at radius 2 is 1.24 bits per heavy atom. The van der Waals surface area contributed by atoms with Crippen LogP contribution in [0.2, 0.25) is 0 Å². The molecule has 17 heavy (non-hydrogen) atoms. The summed E-state index contributed by atoms with van der Waals surface area (Å²) in [5.41, 5.74) is 4.12. The van der Waals surface area contributed by atoms with Crippen LogP contribution in [0.1, 0.15) is 58.2 Å². The minimum absolute atomic E-state index is 0.108. The third-order valence-electron chi connectivity index (χ3n) is 2.95. The van der Waals surface area contributed by atoms with Crippen molar-refractivity contribution < 1.29 is 24.1 Å². The van der Waals surface area contributed by atoms with Crippen molar-refractivity contribution in [1.82, 2.24) is 0 Å². The second kappa shape index (κ2) is 4.78. The molecular formula is C15H23OTi. The summed E-state index contributed by atoms with van der Waals surface area (Å²) in [6.07, 6.45) is 0. The summed E-state index contributed by atoms with van der Waals surface area (Å²) in [4.78, 5) is 0. The first-order chi connectivity index (χ1) is 7.57. The fourth-order valence-electron chi connectivity index (χ4n) is 2.00. The van der Waals surface area contributed by atoms with E-state index in [1.54, 1.807) is 20.8 Å². The Morgan fingerprint density at radius 1 is 0.882 bits per heavy atom. The van der Waals surface area contributed by atoms with Gasteiger partial charge in [-0.05, 0) is 0 Å². The standard InChI is InChI=1S/C15H24O.Ti/c1-10-8-11(14(2,3)4)13(16)12(9-10)15(5,6)7;/h8-9,16H,1-7H3;/q;+1/p-1. The van der Waals surface area contributed by atoms with Crippen molar-refractivity contribution in [2.75, 3.05) is 0 Å². The van der Waals surface area contributed by atoms with Gasteiger partial charge in [0.05, 0.1) is 0 Å². The van der Waals surface area contributed by atoms with Gasteiger partial charge in [0.1, 0.15) is 0 Å². The van der Waals surface area contributed by atoms with E-state index < -0.39 is 0 Å². The Morgan fingerprint density at radius 3 is 1.47 bits per heavy atom. The second-order valence-corrected chi connectivity index (χ2v) is 7.11. The summed E-state index contributed by atoms with van der Waals surface area (Å²) in [6, 6.07) is 4.49. The van der Waals surface area contributed by atoms with Gasteiger partial charge < -0.3 is 0 Å². The van der Waals surface area contributed by atoms with E-state index in [1.807, 2.05) is 0 Å². The van der Waals surface area contributed by atoms with Crippen LogP contribution in [-0.2, 0) is 31.7 Å². The van der Waals surface area contributed by atoms with Crippen LogP contribution in [0.3, 0.4) is 0 Å². The predicted octanol–water partition coefficient (Wildman–Crippen LogP) is 4.43. The van der Waals surface area contributed by atoms with Crippen LogP contribution in [0, 0.1) is 6.92 Å². The number of hydrogen-bond donors (Lipinski definition) is 0. The predicted molar refractivity (Wildman–Crippen MR) is 69.2 cm³/mol. The summed E-state index contributed by atoms with van der Waals surface area (Å²) in [5.74, 6) is 1.05. The van der Waals surface area contributed by atoms with E-state index in [1.165, 1.54) is 16.7 Å². The van der Waals surface area contributed by atoms with E-state index in [-0.39, 0.29) is 10.8 Å². The van der Waals surface area contributed by atoms with Gasteiger partial charge in [-0.3, -0.25) is 0 Å². The zero-order valence-corrected chi connectivity index (χ0v) is 13.6. The molecule has 0 N–H and O–H groups in total. The van der Waals surface area contributed by atoms with Crippen molar-refractivity contribution >= 4 is 0 Å². The van der Waals surface area contributed by atoms with Crippen LogP contribution in [0.25, 0.3) is 0 Å². The summed E-state index contributed by atoms with van der Waals surface area (Å²) in [7, 11) is 0. The molecule has 0 heterocycles. The molecular weight excluding hydrogens is 244 g/mol. The maximum absolute atomic E-state index is 5.68. The van der Waals surface area contributed by atoms with E-state index in [0.717, 1.165) is 5.75 Å². The van der Waals surface area contributed by atoms with E-state index in [2.05, 4.69) is 60.6 Å². The Kier molecular flexibility index (Phi) is 4.16. The number of rotatable bonds is 1. The van der Waals surface area contributed by atoms with Gasteiger partial charge in [0.2, 0.25) is 0 Å². The van der Waals surface area contributed by atoms with E-state index in [0.29, 0.717) is 0 Å². The SMILES string of the molecule is Cc1cc(C(C)(C)C)c([O][Ti])c(C(C)(C)C)c1. The van der Waals surface area contributed by atoms with E-state index >= 15 is 0 Å². The van der Waals surface area contributed by atoms with Crippen molar-refractivity contribution in [2.45, 2.75) is 59.3 Å². The molecule has 0 amide bonds. The molecule has 0 fully saturated rings. The molecule has 1 aromatic carbocycles. The van der Waals surface area contributed by atoms with Gasteiger partial charge in [0.15, 0.2) is 0 Å². The van der Waals surface area contributed by atoms with Crippen LogP contribution in [-0.4, -0.2) is 0 Å². The summed E-state index contributed by atoms with van der Waals surface area (Å²) >= 11 is 1.77. The Bertz CT molecular complexity index is 373. The molecule has 0 atom stereocenters. The molecule has 0 spiro atoms. The molecule has 0 saturated carbocycles. The summed E-state index contributed by atoms with van der Waals surface area (Å²) < 4.78 is 5.68. The quantitative estimate of drug-likeness (QED) is 0.684. The first-order valence-electron chi connectivity index (χ1n) is 6.06. The van der Waals surface area contributed by atoms with Crippen molar-refractivity contribution in [3.8, 4) is 5.75 Å². The van der Waals surface area contributed by atoms with Crippen molar-refractivity contribution in [1.29, 1.82) is 0 Å². The van der Waals surface area contributed by atoms with Gasteiger partial charge in [-0.25, -0.2) is 0 Å². The maximum atomic E-state index is 5.68. The number of aryl methyl sites for hydroxylation is 1. The molecule has 0 aromatic heterocycles. The number of benzene rings is 1. The van der Waals surface area contributed by atoms with Crippen LogP contribution in [0.15, 0.2) is 12.1 Å². The summed E-state index contributed by atoms with van der Waals surface area (Å²) in [6.45, 7) is 15.6. The molecule has 0 unspecified atom stereocenters. The Hall–Kier alpha value is -0.266. The normalized spacial score (nSPS) is 12.6. The molecule has 0 radical (unpaired) electrons. The average molecular weight is 267 g/mol. The fourth-order valence-corrected chi connectivity index (χ4v) is 2.34. The molecule has 1 rings (SSSR count). The molecule has 0 saturated heterocycles. The molecule has 1 nitrogen and oxygen atoms in total. The van der Waals surface area contributed by atoms with Gasteiger partial charge in [0.25, 0.3) is 0 Å². The third kappa shape index (κ3) is 3.36. The summed E-state index contributed by atoms with van der Waals surface area (Å²) in [5, 5.41) is 0. The van der Waals surface area contributed by atoms with Gasteiger partial charge in [-0.1, -0.05) is 0 Å². The Labute approximate surface area is 118 Å². The zero-order valence-electron chi connectivity index (χ0n) is 12.1. The van der Waals surface area contributed by atoms with Crippen LogP contribution >= 0.6 is 0 Å². The fraction of sp³-hybridized carbons (Fsp3) is 0.600. The van der Waals surface area contributed by atoms with Crippen molar-refractivity contribution in [3.63, 3.8) is 0 Å². The van der Waals surface area contributed by atoms with Gasteiger partial charge >= 0.3 is 118 Å². The van der Waals surface area contributed by atoms with Crippen molar-refractivity contribution in [2.24, 2.45) is 0 Å². The second-order valence-electron chi connectivity index (χ2n) is 6.79. The van der Waals surface area contributed by atoms with Crippen molar-refractivity contribution in [3.05, 3.63) is 28.8 Å². The monoisotopic (exact) mass is 267 g/mol. The van der Waals surface area contributed by atoms with E-state index in [9.17, 15) is 0 Å². The van der Waals surface area contributed by atoms with E-state index in [4.69, 9.17) is 3.32 Å². The van der Waals surface area contributed by atoms with Gasteiger partial charge in [0, 0.05) is 0 Å². The van der Waals surface area contributed by atoms with Crippen LogP contribution in [0.4, 0.5) is 0 Å². The zero-order chi connectivity index (χ0) is 13.4. The topological polar surface area (TPSA) is 9.23 Å². The molecule has 93 valence electrons. The molecule has 0 aliphatic heterocycles. The molecule has 2 heteroatoms. The molecule has 0 bridgehead atoms. The number of hydrogen-bond acceptors (Lipinski definition) is 1. The first kappa shape index (κ1) is 14.8. The van der Waals surface area contributed by atoms with Crippen LogP contribution < -0.4 is 3.32 Å². The molecule has 0 aliphatic carbocycles. The first-order valence-corrected chi connectivity index (χ1v) is 6.70. The molecule has 0 aliphatic rings. The minimum atomic E-state index is 0.108. The Balaban J connectivity index is 3.58. The average Bonchev–Trinajstić information content (AvgIpc) is 2.13. The van der Waals surface area contributed by atoms with Crippen LogP contribution in [0.5, 0.6) is 5.75 Å².